The van der Waals surface area contributed by atoms with Crippen molar-refractivity contribution < 1.29 is 35.3 Å². The van der Waals surface area contributed by atoms with E-state index in [4.69, 9.17) is 4.74 Å². The first-order valence-electron chi connectivity index (χ1n) is 7.36. The van der Waals surface area contributed by atoms with Crippen LogP contribution in [0.15, 0.2) is 6.07 Å². The van der Waals surface area contributed by atoms with E-state index < -0.39 is 33.2 Å². The van der Waals surface area contributed by atoms with Gasteiger partial charge in [0.2, 0.25) is 5.88 Å². The molecule has 7 nitrogen and oxygen atoms in total. The van der Waals surface area contributed by atoms with Gasteiger partial charge in [-0.25, -0.2) is 9.78 Å². The number of nitrogens with zero attached hydrogens (tertiary/aromatic N) is 2. The maximum atomic E-state index is 12.5. The number of fused-ring (bicyclic) bond motifs is 1. The number of hydrogen-bond donors (Lipinski definition) is 0. The zero-order valence-corrected chi connectivity index (χ0v) is 17.0. The molecule has 0 aliphatic carbocycles. The predicted molar refractivity (Wildman–Crippen MR) is 92.9 cm³/mol. The highest BCUT2D eigenvalue weighted by atomic mass is 127. The Balaban J connectivity index is 2.26. The standard InChI is InChI=1S/C14H16F3IN2O5S/c1-13(2,3)24-12(21)20-5-4-8-6-9(18)11(19-10(8)7-20)25-26(22,23)14(15,16)17/h6H,4-5,7H2,1-3H3. The minimum absolute atomic E-state index is 0.0242. The van der Waals surface area contributed by atoms with Crippen LogP contribution in [0.3, 0.4) is 0 Å². The largest absolute Gasteiger partial charge is 0.534 e. The van der Waals surface area contributed by atoms with E-state index in [1.54, 1.807) is 43.4 Å². The molecule has 1 aromatic heterocycles. The van der Waals surface area contributed by atoms with Crippen molar-refractivity contribution in [3.05, 3.63) is 20.9 Å². The molecule has 0 unspecified atom stereocenters. The van der Waals surface area contributed by atoms with Crippen molar-refractivity contribution >= 4 is 38.8 Å². The number of ether oxygens (including phenoxy) is 1. The van der Waals surface area contributed by atoms with Crippen molar-refractivity contribution in [2.24, 2.45) is 0 Å². The first-order chi connectivity index (χ1) is 11.7. The first-order valence-corrected chi connectivity index (χ1v) is 9.85. The van der Waals surface area contributed by atoms with E-state index in [1.807, 2.05) is 0 Å². The van der Waals surface area contributed by atoms with Crippen molar-refractivity contribution in [3.63, 3.8) is 0 Å². The van der Waals surface area contributed by atoms with Crippen LogP contribution in [0.2, 0.25) is 0 Å². The maximum absolute atomic E-state index is 12.5. The fourth-order valence-corrected chi connectivity index (χ4v) is 3.29. The van der Waals surface area contributed by atoms with Gasteiger partial charge in [0.05, 0.1) is 15.8 Å². The van der Waals surface area contributed by atoms with E-state index >= 15 is 0 Å². The van der Waals surface area contributed by atoms with Crippen LogP contribution in [0.5, 0.6) is 5.88 Å². The number of amides is 1. The Morgan fingerprint density at radius 3 is 2.46 bits per heavy atom. The van der Waals surface area contributed by atoms with Crippen LogP contribution in [-0.4, -0.2) is 42.0 Å². The minimum Gasteiger partial charge on any atom is -0.444 e. The molecule has 1 aliphatic heterocycles. The molecule has 2 heterocycles. The quantitative estimate of drug-likeness (QED) is 0.347. The van der Waals surface area contributed by atoms with Crippen LogP contribution in [-0.2, 0) is 27.8 Å². The van der Waals surface area contributed by atoms with Gasteiger partial charge in [-0.1, -0.05) is 0 Å². The Hall–Kier alpha value is -1.31. The summed E-state index contributed by atoms with van der Waals surface area (Å²) in [7, 11) is -5.83. The lowest BCUT2D eigenvalue weighted by atomic mass is 10.1. The van der Waals surface area contributed by atoms with Gasteiger partial charge in [0, 0.05) is 6.54 Å². The molecule has 26 heavy (non-hydrogen) atoms. The molecule has 0 fully saturated rings. The third-order valence-corrected chi connectivity index (χ3v) is 4.94. The van der Waals surface area contributed by atoms with Gasteiger partial charge >= 0.3 is 21.7 Å². The highest BCUT2D eigenvalue weighted by Crippen LogP contribution is 2.31. The molecular formula is C14H16F3IN2O5S. The Morgan fingerprint density at radius 1 is 1.31 bits per heavy atom. The highest BCUT2D eigenvalue weighted by molar-refractivity contribution is 14.1. The molecule has 146 valence electrons. The van der Waals surface area contributed by atoms with Gasteiger partial charge in [-0.3, -0.25) is 0 Å². The molecule has 0 radical (unpaired) electrons. The molecule has 0 aromatic carbocycles. The van der Waals surface area contributed by atoms with Crippen LogP contribution < -0.4 is 4.18 Å². The SMILES string of the molecule is CC(C)(C)OC(=O)N1CCc2cc(I)c(OS(=O)(=O)C(F)(F)F)nc2C1. The van der Waals surface area contributed by atoms with Gasteiger partial charge in [-0.15, -0.1) is 0 Å². The molecule has 0 saturated heterocycles. The third kappa shape index (κ3) is 4.90. The lowest BCUT2D eigenvalue weighted by molar-refractivity contribution is -0.0501. The molecule has 1 amide bonds. The van der Waals surface area contributed by atoms with Crippen LogP contribution in [0.25, 0.3) is 0 Å². The molecule has 0 bridgehead atoms. The van der Waals surface area contributed by atoms with E-state index in [0.29, 0.717) is 18.5 Å². The summed E-state index contributed by atoms with van der Waals surface area (Å²) in [6, 6.07) is 1.50. The van der Waals surface area contributed by atoms with Gasteiger partial charge < -0.3 is 13.8 Å². The Bertz CT molecular complexity index is 821. The van der Waals surface area contributed by atoms with Crippen molar-refractivity contribution in [1.29, 1.82) is 0 Å². The van der Waals surface area contributed by atoms with Crippen molar-refractivity contribution in [2.45, 2.75) is 44.8 Å². The fourth-order valence-electron chi connectivity index (χ4n) is 2.11. The van der Waals surface area contributed by atoms with E-state index in [2.05, 4.69) is 9.17 Å². The topological polar surface area (TPSA) is 85.8 Å². The van der Waals surface area contributed by atoms with Gasteiger partial charge in [0.1, 0.15) is 5.60 Å². The molecule has 0 spiro atoms. The number of halogens is 4. The van der Waals surface area contributed by atoms with Gasteiger partial charge in [-0.2, -0.15) is 21.6 Å². The summed E-state index contributed by atoms with van der Waals surface area (Å²) in [6.07, 6.45) is -0.182. The molecule has 1 aromatic rings. The van der Waals surface area contributed by atoms with Crippen LogP contribution in [0, 0.1) is 3.57 Å². The average molecular weight is 508 g/mol. The number of pyridine rings is 1. The minimum atomic E-state index is -5.83. The van der Waals surface area contributed by atoms with Gasteiger partial charge in [-0.05, 0) is 61.4 Å². The van der Waals surface area contributed by atoms with Crippen LogP contribution >= 0.6 is 22.6 Å². The summed E-state index contributed by atoms with van der Waals surface area (Å²) >= 11 is 1.65. The third-order valence-electron chi connectivity index (χ3n) is 3.23. The zero-order valence-electron chi connectivity index (χ0n) is 14.1. The van der Waals surface area contributed by atoms with E-state index in [9.17, 15) is 26.4 Å². The van der Waals surface area contributed by atoms with Gasteiger partial charge in [0.25, 0.3) is 0 Å². The number of rotatable bonds is 2. The first kappa shape index (κ1) is 21.0. The zero-order chi connectivity index (χ0) is 19.9. The maximum Gasteiger partial charge on any atom is 0.534 e. The average Bonchev–Trinajstić information content (AvgIpc) is 2.44. The second kappa shape index (κ2) is 7.02. The normalized spacial score (nSPS) is 15.4. The lowest BCUT2D eigenvalue weighted by Gasteiger charge is -2.30. The molecule has 0 atom stereocenters. The number of alkyl halides is 3. The van der Waals surface area contributed by atoms with E-state index in [1.165, 1.54) is 11.0 Å². The van der Waals surface area contributed by atoms with E-state index in [0.717, 1.165) is 0 Å². The fraction of sp³-hybridized carbons (Fsp3) is 0.571. The molecule has 1 aliphatic rings. The van der Waals surface area contributed by atoms with E-state index in [-0.39, 0.29) is 15.8 Å². The summed E-state index contributed by atoms with van der Waals surface area (Å²) < 4.78 is 69.4. The summed E-state index contributed by atoms with van der Waals surface area (Å²) in [5.74, 6) is -0.673. The number of carbonyl (C=O) groups excluding carboxylic acids is 1. The second-order valence-corrected chi connectivity index (χ2v) is 9.22. The number of carbonyl (C=O) groups is 1. The number of hydrogen-bond acceptors (Lipinski definition) is 6. The molecular weight excluding hydrogens is 492 g/mol. The van der Waals surface area contributed by atoms with Gasteiger partial charge in [0.15, 0.2) is 0 Å². The summed E-state index contributed by atoms with van der Waals surface area (Å²) in [5, 5.41) is 0. The second-order valence-electron chi connectivity index (χ2n) is 6.52. The van der Waals surface area contributed by atoms with Crippen molar-refractivity contribution in [3.8, 4) is 5.88 Å². The summed E-state index contributed by atoms with van der Waals surface area (Å²) in [5.41, 5.74) is -5.30. The smallest absolute Gasteiger partial charge is 0.444 e. The number of aromatic nitrogens is 1. The van der Waals surface area contributed by atoms with Crippen molar-refractivity contribution in [2.75, 3.05) is 6.54 Å². The summed E-state index contributed by atoms with van der Waals surface area (Å²) in [4.78, 5) is 17.4. The Kier molecular flexibility index (Phi) is 5.67. The Morgan fingerprint density at radius 2 is 1.92 bits per heavy atom. The highest BCUT2D eigenvalue weighted by Gasteiger charge is 2.49. The lowest BCUT2D eigenvalue weighted by Crippen LogP contribution is -2.40. The van der Waals surface area contributed by atoms with Crippen LogP contribution in [0.1, 0.15) is 32.0 Å². The monoisotopic (exact) mass is 508 g/mol. The van der Waals surface area contributed by atoms with Crippen LogP contribution in [0.4, 0.5) is 18.0 Å². The molecule has 2 rings (SSSR count). The molecule has 0 saturated carbocycles. The molecule has 0 N–H and O–H groups in total. The Labute approximate surface area is 162 Å². The van der Waals surface area contributed by atoms with Crippen molar-refractivity contribution in [1.82, 2.24) is 9.88 Å². The molecule has 12 heteroatoms. The summed E-state index contributed by atoms with van der Waals surface area (Å²) in [6.45, 7) is 5.44. The predicted octanol–water partition coefficient (Wildman–Crippen LogP) is 3.21.